The maximum absolute atomic E-state index is 11.9. The van der Waals surface area contributed by atoms with E-state index in [1.807, 2.05) is 18.2 Å². The Hall–Kier alpha value is -2.44. The van der Waals surface area contributed by atoms with Gasteiger partial charge in [-0.05, 0) is 25.0 Å². The molecule has 1 aliphatic carbocycles. The lowest BCUT2D eigenvalue weighted by molar-refractivity contribution is -0.127. The van der Waals surface area contributed by atoms with Gasteiger partial charge in [-0.25, -0.2) is 4.99 Å². The number of methoxy groups -OCH3 is 2. The van der Waals surface area contributed by atoms with Crippen molar-refractivity contribution in [3.8, 4) is 11.5 Å². The largest absolute Gasteiger partial charge is 0.493 e. The first kappa shape index (κ1) is 19.9. The lowest BCUT2D eigenvalue weighted by Crippen LogP contribution is -2.41. The van der Waals surface area contributed by atoms with Crippen LogP contribution in [0.15, 0.2) is 23.2 Å². The fourth-order valence-corrected chi connectivity index (χ4v) is 2.90. The van der Waals surface area contributed by atoms with E-state index in [1.54, 1.807) is 28.3 Å². The number of ether oxygens (including phenoxy) is 2. The molecule has 0 spiro atoms. The van der Waals surface area contributed by atoms with Crippen LogP contribution in [0.5, 0.6) is 11.5 Å². The zero-order chi connectivity index (χ0) is 18.9. The van der Waals surface area contributed by atoms with Gasteiger partial charge in [-0.15, -0.1) is 0 Å². The summed E-state index contributed by atoms with van der Waals surface area (Å²) < 4.78 is 10.6. The standard InChI is InChI=1S/C19H30N4O3/c1-23(2)18(24)13-20-19(21-14-8-6-5-7-9-14)22-15-10-11-16(25-3)17(12-15)26-4/h10-12,14H,5-9,13H2,1-4H3,(H2,20,21,22). The average Bonchev–Trinajstić information content (AvgIpc) is 2.66. The van der Waals surface area contributed by atoms with E-state index >= 15 is 0 Å². The highest BCUT2D eigenvalue weighted by atomic mass is 16.5. The molecule has 1 aromatic carbocycles. The van der Waals surface area contributed by atoms with Crippen LogP contribution < -0.4 is 20.1 Å². The van der Waals surface area contributed by atoms with E-state index < -0.39 is 0 Å². The van der Waals surface area contributed by atoms with Crippen molar-refractivity contribution in [2.75, 3.05) is 40.2 Å². The Morgan fingerprint density at radius 3 is 2.46 bits per heavy atom. The highest BCUT2D eigenvalue weighted by Gasteiger charge is 2.16. The Morgan fingerprint density at radius 1 is 1.15 bits per heavy atom. The van der Waals surface area contributed by atoms with E-state index in [9.17, 15) is 4.79 Å². The second-order valence-corrected chi connectivity index (χ2v) is 6.63. The van der Waals surface area contributed by atoms with E-state index in [0.29, 0.717) is 23.5 Å². The number of hydrogen-bond acceptors (Lipinski definition) is 4. The molecule has 1 fully saturated rings. The summed E-state index contributed by atoms with van der Waals surface area (Å²) in [6, 6.07) is 5.96. The van der Waals surface area contributed by atoms with Gasteiger partial charge in [0, 0.05) is 31.9 Å². The number of benzene rings is 1. The van der Waals surface area contributed by atoms with Crippen molar-refractivity contribution in [1.82, 2.24) is 10.2 Å². The Bertz CT molecular complexity index is 625. The summed E-state index contributed by atoms with van der Waals surface area (Å²) >= 11 is 0. The lowest BCUT2D eigenvalue weighted by atomic mass is 9.96. The maximum Gasteiger partial charge on any atom is 0.243 e. The van der Waals surface area contributed by atoms with Crippen LogP contribution in [0.3, 0.4) is 0 Å². The topological polar surface area (TPSA) is 75.2 Å². The van der Waals surface area contributed by atoms with Crippen LogP contribution in [0.1, 0.15) is 32.1 Å². The summed E-state index contributed by atoms with van der Waals surface area (Å²) in [7, 11) is 6.67. The molecule has 1 saturated carbocycles. The molecule has 1 amide bonds. The SMILES string of the molecule is COc1ccc(NC(=NCC(=O)N(C)C)NC2CCCCC2)cc1OC. The number of carbonyl (C=O) groups is 1. The van der Waals surface area contributed by atoms with Crippen LogP contribution in [0.4, 0.5) is 5.69 Å². The number of aliphatic imine (C=N–C) groups is 1. The van der Waals surface area contributed by atoms with Gasteiger partial charge in [0.15, 0.2) is 17.5 Å². The van der Waals surface area contributed by atoms with Gasteiger partial charge in [-0.2, -0.15) is 0 Å². The fraction of sp³-hybridized carbons (Fsp3) is 0.579. The molecule has 0 aromatic heterocycles. The third-order valence-electron chi connectivity index (χ3n) is 4.46. The van der Waals surface area contributed by atoms with Gasteiger partial charge in [-0.1, -0.05) is 19.3 Å². The third-order valence-corrected chi connectivity index (χ3v) is 4.46. The number of nitrogens with zero attached hydrogens (tertiary/aromatic N) is 2. The number of hydrogen-bond donors (Lipinski definition) is 2. The number of rotatable bonds is 6. The van der Waals surface area contributed by atoms with Gasteiger partial charge >= 0.3 is 0 Å². The molecule has 0 radical (unpaired) electrons. The second-order valence-electron chi connectivity index (χ2n) is 6.63. The molecule has 1 aliphatic rings. The number of nitrogens with one attached hydrogen (secondary N) is 2. The number of carbonyl (C=O) groups excluding carboxylic acids is 1. The summed E-state index contributed by atoms with van der Waals surface area (Å²) in [5.74, 6) is 1.87. The van der Waals surface area contributed by atoms with E-state index in [2.05, 4.69) is 15.6 Å². The minimum absolute atomic E-state index is 0.0398. The smallest absolute Gasteiger partial charge is 0.243 e. The summed E-state index contributed by atoms with van der Waals surface area (Å²) in [5, 5.41) is 6.74. The molecule has 0 aliphatic heterocycles. The number of amides is 1. The number of guanidine groups is 1. The molecule has 0 saturated heterocycles. The van der Waals surface area contributed by atoms with Crippen molar-refractivity contribution in [3.63, 3.8) is 0 Å². The van der Waals surface area contributed by atoms with E-state index in [-0.39, 0.29) is 12.5 Å². The predicted octanol–water partition coefficient (Wildman–Crippen LogP) is 2.48. The van der Waals surface area contributed by atoms with Crippen molar-refractivity contribution in [2.45, 2.75) is 38.1 Å². The van der Waals surface area contributed by atoms with Crippen LogP contribution in [0.2, 0.25) is 0 Å². The fourth-order valence-electron chi connectivity index (χ4n) is 2.90. The van der Waals surface area contributed by atoms with Gasteiger partial charge in [0.1, 0.15) is 6.54 Å². The maximum atomic E-state index is 11.9. The summed E-state index contributed by atoms with van der Waals surface area (Å²) in [4.78, 5) is 17.9. The van der Waals surface area contributed by atoms with E-state index in [1.165, 1.54) is 24.2 Å². The highest BCUT2D eigenvalue weighted by Crippen LogP contribution is 2.29. The van der Waals surface area contributed by atoms with Crippen molar-refractivity contribution in [1.29, 1.82) is 0 Å². The number of anilines is 1. The Kier molecular flexibility index (Phi) is 7.56. The number of likely N-dealkylation sites (N-methyl/N-ethyl adjacent to an activating group) is 1. The van der Waals surface area contributed by atoms with Crippen LogP contribution in [0.25, 0.3) is 0 Å². The zero-order valence-corrected chi connectivity index (χ0v) is 16.2. The van der Waals surface area contributed by atoms with Crippen LogP contribution in [-0.4, -0.2) is 57.7 Å². The van der Waals surface area contributed by atoms with Gasteiger partial charge in [0.05, 0.1) is 14.2 Å². The van der Waals surface area contributed by atoms with Gasteiger partial charge in [0.25, 0.3) is 0 Å². The third kappa shape index (κ3) is 5.82. The summed E-state index contributed by atoms with van der Waals surface area (Å²) in [6.45, 7) is 0.0995. The minimum atomic E-state index is -0.0398. The van der Waals surface area contributed by atoms with Crippen molar-refractivity contribution in [2.24, 2.45) is 4.99 Å². The normalized spacial score (nSPS) is 15.3. The molecule has 0 bridgehead atoms. The molecule has 2 N–H and O–H groups in total. The Labute approximate surface area is 155 Å². The molecule has 26 heavy (non-hydrogen) atoms. The molecule has 1 aromatic rings. The van der Waals surface area contributed by atoms with E-state index in [4.69, 9.17) is 9.47 Å². The molecule has 0 heterocycles. The van der Waals surface area contributed by atoms with Gasteiger partial charge < -0.3 is 25.0 Å². The van der Waals surface area contributed by atoms with Crippen molar-refractivity contribution in [3.05, 3.63) is 18.2 Å². The molecule has 0 atom stereocenters. The van der Waals surface area contributed by atoms with Gasteiger partial charge in [0.2, 0.25) is 5.91 Å². The predicted molar refractivity (Wildman–Crippen MR) is 104 cm³/mol. The molecule has 2 rings (SSSR count). The van der Waals surface area contributed by atoms with Crippen LogP contribution in [0, 0.1) is 0 Å². The zero-order valence-electron chi connectivity index (χ0n) is 16.2. The summed E-state index contributed by atoms with van der Waals surface area (Å²) in [6.07, 6.45) is 5.96. The molecule has 0 unspecified atom stereocenters. The lowest BCUT2D eigenvalue weighted by Gasteiger charge is -2.25. The molecular formula is C19H30N4O3. The van der Waals surface area contributed by atoms with Gasteiger partial charge in [-0.3, -0.25) is 4.79 Å². The highest BCUT2D eigenvalue weighted by molar-refractivity contribution is 5.95. The molecular weight excluding hydrogens is 332 g/mol. The van der Waals surface area contributed by atoms with Crippen molar-refractivity contribution < 1.29 is 14.3 Å². The molecule has 7 heteroatoms. The monoisotopic (exact) mass is 362 g/mol. The molecule has 7 nitrogen and oxygen atoms in total. The second kappa shape index (κ2) is 9.89. The quantitative estimate of drug-likeness (QED) is 0.601. The van der Waals surface area contributed by atoms with Crippen LogP contribution in [-0.2, 0) is 4.79 Å². The summed E-state index contributed by atoms with van der Waals surface area (Å²) in [5.41, 5.74) is 0.821. The first-order valence-electron chi connectivity index (χ1n) is 9.03. The van der Waals surface area contributed by atoms with Crippen LogP contribution >= 0.6 is 0 Å². The van der Waals surface area contributed by atoms with Crippen molar-refractivity contribution >= 4 is 17.6 Å². The Morgan fingerprint density at radius 2 is 1.85 bits per heavy atom. The first-order chi connectivity index (χ1) is 12.5. The first-order valence-corrected chi connectivity index (χ1v) is 9.03. The minimum Gasteiger partial charge on any atom is -0.493 e. The average molecular weight is 362 g/mol. The van der Waals surface area contributed by atoms with E-state index in [0.717, 1.165) is 18.5 Å². The Balaban J connectivity index is 2.14. The molecule has 144 valence electrons.